The van der Waals surface area contributed by atoms with Crippen LogP contribution in [0.5, 0.6) is 0 Å². The van der Waals surface area contributed by atoms with E-state index in [-0.39, 0.29) is 17.6 Å². The van der Waals surface area contributed by atoms with Crippen LogP contribution in [-0.2, 0) is 9.53 Å². The van der Waals surface area contributed by atoms with Gasteiger partial charge in [0.05, 0.1) is 12.4 Å². The molecule has 17 heavy (non-hydrogen) atoms. The van der Waals surface area contributed by atoms with Crippen LogP contribution in [0.2, 0.25) is 0 Å². The summed E-state index contributed by atoms with van der Waals surface area (Å²) in [6, 6.07) is 0. The smallest absolute Gasteiger partial charge is 0.389 e. The lowest BCUT2D eigenvalue weighted by Gasteiger charge is -2.08. The molecule has 0 aromatic heterocycles. The first-order chi connectivity index (χ1) is 7.87. The van der Waals surface area contributed by atoms with Gasteiger partial charge in [-0.2, -0.15) is 13.2 Å². The van der Waals surface area contributed by atoms with Gasteiger partial charge < -0.3 is 4.74 Å². The summed E-state index contributed by atoms with van der Waals surface area (Å²) in [7, 11) is 1.34. The Morgan fingerprint density at radius 3 is 2.35 bits per heavy atom. The molecule has 0 rings (SSSR count). The molecule has 0 bridgehead atoms. The van der Waals surface area contributed by atoms with E-state index in [4.69, 9.17) is 0 Å². The van der Waals surface area contributed by atoms with E-state index < -0.39 is 12.6 Å². The Kier molecular flexibility index (Phi) is 8.47. The Morgan fingerprint density at radius 1 is 1.24 bits per heavy atom. The molecule has 1 unspecified atom stereocenters. The predicted molar refractivity (Wildman–Crippen MR) is 63.1 cm³/mol. The minimum atomic E-state index is -4.03. The molecule has 0 radical (unpaired) electrons. The van der Waals surface area contributed by atoms with Crippen molar-refractivity contribution in [1.82, 2.24) is 0 Å². The number of hydrogen-bond acceptors (Lipinski definition) is 3. The number of halogens is 3. The lowest BCUT2D eigenvalue weighted by Crippen LogP contribution is -2.15. The zero-order chi connectivity index (χ0) is 13.3. The SMILES string of the molecule is COC(=O)C(C)SCCCCCCC(F)(F)F. The first-order valence-electron chi connectivity index (χ1n) is 5.63. The highest BCUT2D eigenvalue weighted by molar-refractivity contribution is 8.00. The molecule has 0 amide bonds. The number of unbranched alkanes of at least 4 members (excludes halogenated alkanes) is 3. The molecule has 1 atom stereocenters. The Labute approximate surface area is 104 Å². The van der Waals surface area contributed by atoms with Crippen LogP contribution in [-0.4, -0.2) is 30.3 Å². The monoisotopic (exact) mass is 272 g/mol. The molecule has 0 saturated carbocycles. The van der Waals surface area contributed by atoms with Gasteiger partial charge in [0.25, 0.3) is 0 Å². The van der Waals surface area contributed by atoms with Crippen LogP contribution in [0.25, 0.3) is 0 Å². The third kappa shape index (κ3) is 10.5. The minimum Gasteiger partial charge on any atom is -0.468 e. The van der Waals surface area contributed by atoms with E-state index in [0.717, 1.165) is 18.6 Å². The van der Waals surface area contributed by atoms with E-state index in [2.05, 4.69) is 4.74 Å². The van der Waals surface area contributed by atoms with Crippen LogP contribution >= 0.6 is 11.8 Å². The number of carbonyl (C=O) groups excluding carboxylic acids is 1. The van der Waals surface area contributed by atoms with E-state index in [0.29, 0.717) is 6.42 Å². The molecule has 0 spiro atoms. The Morgan fingerprint density at radius 2 is 1.82 bits per heavy atom. The minimum absolute atomic E-state index is 0.195. The normalized spacial score (nSPS) is 13.5. The van der Waals surface area contributed by atoms with Crippen LogP contribution < -0.4 is 0 Å². The van der Waals surface area contributed by atoms with Crippen LogP contribution in [0.3, 0.4) is 0 Å². The molecular formula is C11H19F3O2S. The van der Waals surface area contributed by atoms with Gasteiger partial charge in [-0.15, -0.1) is 11.8 Å². The van der Waals surface area contributed by atoms with Crippen LogP contribution in [0.1, 0.15) is 39.0 Å². The highest BCUT2D eigenvalue weighted by Crippen LogP contribution is 2.23. The maximum atomic E-state index is 11.8. The Hall–Kier alpha value is -0.390. The summed E-state index contributed by atoms with van der Waals surface area (Å²) in [6.45, 7) is 1.76. The second-order valence-corrected chi connectivity index (χ2v) is 5.26. The number of carbonyl (C=O) groups is 1. The summed E-state index contributed by atoms with van der Waals surface area (Å²) in [5.41, 5.74) is 0. The number of esters is 1. The van der Waals surface area contributed by atoms with Crippen LogP contribution in [0.4, 0.5) is 13.2 Å². The number of thioether (sulfide) groups is 1. The standard InChI is InChI=1S/C11H19F3O2S/c1-9(10(15)16-2)17-8-6-4-3-5-7-11(12,13)14/h9H,3-8H2,1-2H3. The molecule has 0 aliphatic rings. The average molecular weight is 272 g/mol. The van der Waals surface area contributed by atoms with E-state index >= 15 is 0 Å². The summed E-state index contributed by atoms with van der Waals surface area (Å²) in [5, 5.41) is -0.199. The number of ether oxygens (including phenoxy) is 1. The van der Waals surface area contributed by atoms with Gasteiger partial charge in [-0.1, -0.05) is 12.8 Å². The van der Waals surface area contributed by atoms with Gasteiger partial charge in [0.1, 0.15) is 0 Å². The lowest BCUT2D eigenvalue weighted by atomic mass is 10.1. The van der Waals surface area contributed by atoms with E-state index in [9.17, 15) is 18.0 Å². The first-order valence-corrected chi connectivity index (χ1v) is 6.68. The van der Waals surface area contributed by atoms with Crippen molar-refractivity contribution >= 4 is 17.7 Å². The summed E-state index contributed by atoms with van der Waals surface area (Å²) >= 11 is 1.48. The molecule has 0 aromatic carbocycles. The first kappa shape index (κ1) is 16.6. The summed E-state index contributed by atoms with van der Waals surface area (Å²) in [6.07, 6.45) is -2.33. The summed E-state index contributed by atoms with van der Waals surface area (Å²) in [5.74, 6) is 0.523. The van der Waals surface area contributed by atoms with Crippen molar-refractivity contribution in [1.29, 1.82) is 0 Å². The molecule has 0 aliphatic carbocycles. The van der Waals surface area contributed by atoms with Crippen LogP contribution in [0, 0.1) is 0 Å². The predicted octanol–water partition coefficient (Wildman–Crippen LogP) is 3.79. The van der Waals surface area contributed by atoms with Crippen molar-refractivity contribution in [2.45, 2.75) is 50.5 Å². The van der Waals surface area contributed by atoms with Crippen molar-refractivity contribution in [2.75, 3.05) is 12.9 Å². The van der Waals surface area contributed by atoms with Crippen LogP contribution in [0.15, 0.2) is 0 Å². The summed E-state index contributed by atoms with van der Waals surface area (Å²) < 4.78 is 40.0. The quantitative estimate of drug-likeness (QED) is 0.496. The fourth-order valence-corrected chi connectivity index (χ4v) is 2.23. The molecule has 0 aromatic rings. The largest absolute Gasteiger partial charge is 0.468 e. The fraction of sp³-hybridized carbons (Fsp3) is 0.909. The van der Waals surface area contributed by atoms with E-state index in [1.165, 1.54) is 18.9 Å². The Bertz CT molecular complexity index is 219. The molecule has 0 saturated heterocycles. The molecule has 0 fully saturated rings. The zero-order valence-corrected chi connectivity index (χ0v) is 11.0. The molecule has 0 heterocycles. The highest BCUT2D eigenvalue weighted by Gasteiger charge is 2.25. The average Bonchev–Trinajstić information content (AvgIpc) is 2.24. The zero-order valence-electron chi connectivity index (χ0n) is 10.2. The molecular weight excluding hydrogens is 253 g/mol. The van der Waals surface area contributed by atoms with Gasteiger partial charge in [0.2, 0.25) is 0 Å². The third-order valence-electron chi connectivity index (χ3n) is 2.26. The molecule has 0 N–H and O–H groups in total. The fourth-order valence-electron chi connectivity index (χ4n) is 1.28. The maximum absolute atomic E-state index is 11.8. The number of rotatable bonds is 8. The Balaban J connectivity index is 3.33. The molecule has 6 heteroatoms. The van der Waals surface area contributed by atoms with E-state index in [1.807, 2.05) is 0 Å². The third-order valence-corrected chi connectivity index (χ3v) is 3.47. The van der Waals surface area contributed by atoms with E-state index in [1.54, 1.807) is 6.92 Å². The topological polar surface area (TPSA) is 26.3 Å². The highest BCUT2D eigenvalue weighted by atomic mass is 32.2. The maximum Gasteiger partial charge on any atom is 0.389 e. The lowest BCUT2D eigenvalue weighted by molar-refractivity contribution is -0.139. The van der Waals surface area contributed by atoms with Gasteiger partial charge >= 0.3 is 12.1 Å². The van der Waals surface area contributed by atoms with Gasteiger partial charge in [-0.05, 0) is 25.5 Å². The summed E-state index contributed by atoms with van der Waals surface area (Å²) in [4.78, 5) is 11.0. The van der Waals surface area contributed by atoms with Gasteiger partial charge in [0, 0.05) is 6.42 Å². The number of hydrogen-bond donors (Lipinski definition) is 0. The van der Waals surface area contributed by atoms with Gasteiger partial charge in [-0.25, -0.2) is 0 Å². The molecule has 0 aliphatic heterocycles. The van der Waals surface area contributed by atoms with Crippen molar-refractivity contribution < 1.29 is 22.7 Å². The van der Waals surface area contributed by atoms with Gasteiger partial charge in [0.15, 0.2) is 0 Å². The van der Waals surface area contributed by atoms with Gasteiger partial charge in [-0.3, -0.25) is 4.79 Å². The number of methoxy groups -OCH3 is 1. The molecule has 2 nitrogen and oxygen atoms in total. The second-order valence-electron chi connectivity index (χ2n) is 3.82. The van der Waals surface area contributed by atoms with Crippen molar-refractivity contribution in [3.05, 3.63) is 0 Å². The second kappa shape index (κ2) is 8.66. The van der Waals surface area contributed by atoms with Crippen molar-refractivity contribution in [2.24, 2.45) is 0 Å². The molecule has 102 valence electrons. The number of alkyl halides is 3. The van der Waals surface area contributed by atoms with Crippen molar-refractivity contribution in [3.8, 4) is 0 Å². The van der Waals surface area contributed by atoms with Crippen molar-refractivity contribution in [3.63, 3.8) is 0 Å².